The maximum atomic E-state index is 12.1. The Labute approximate surface area is 151 Å². The van der Waals surface area contributed by atoms with Crippen molar-refractivity contribution in [2.24, 2.45) is 0 Å². The molecule has 2 rings (SSSR count). The third-order valence-electron chi connectivity index (χ3n) is 4.70. The average molecular weight is 347 g/mol. The zero-order valence-electron chi connectivity index (χ0n) is 16.6. The molecule has 1 aromatic carbocycles. The molecule has 138 valence electrons. The second-order valence-electron chi connectivity index (χ2n) is 8.59. The summed E-state index contributed by atoms with van der Waals surface area (Å²) in [4.78, 5) is 12.1. The molecule has 1 aromatic rings. The molecule has 6 heteroatoms. The van der Waals surface area contributed by atoms with Gasteiger partial charge in [-0.3, -0.25) is 0 Å². The van der Waals surface area contributed by atoms with Gasteiger partial charge in [0.25, 0.3) is 0 Å². The number of ether oxygens (including phenoxy) is 1. The van der Waals surface area contributed by atoms with Gasteiger partial charge >= 0.3 is 13.2 Å². The first-order valence-corrected chi connectivity index (χ1v) is 8.76. The van der Waals surface area contributed by atoms with Crippen LogP contribution in [0.1, 0.15) is 67.0 Å². The summed E-state index contributed by atoms with van der Waals surface area (Å²) in [7, 11) is -0.468. The van der Waals surface area contributed by atoms with Gasteiger partial charge in [0.05, 0.1) is 17.2 Å². The van der Waals surface area contributed by atoms with Gasteiger partial charge in [-0.15, -0.1) is 0 Å². The van der Waals surface area contributed by atoms with Crippen LogP contribution in [-0.4, -0.2) is 30.0 Å². The zero-order valence-corrected chi connectivity index (χ0v) is 16.6. The number of carbonyl (C=O) groups excluding carboxylic acids is 1. The average Bonchev–Trinajstić information content (AvgIpc) is 2.65. The molecular formula is C19H30BNO4. The number of alkyl carbamates (subject to hydrolysis) is 1. The SMILES string of the molecule is C[C@@H](NC(=O)OC(C)(C)C)c1ccccc1B1OC(C)(C)C(C)(C)O1. The smallest absolute Gasteiger partial charge is 0.444 e. The molecule has 1 aliphatic heterocycles. The molecule has 1 aliphatic rings. The third kappa shape index (κ3) is 4.56. The molecule has 1 fully saturated rings. The van der Waals surface area contributed by atoms with E-state index in [2.05, 4.69) is 5.32 Å². The van der Waals surface area contributed by atoms with Crippen molar-refractivity contribution in [3.8, 4) is 0 Å². The lowest BCUT2D eigenvalue weighted by molar-refractivity contribution is 0.00578. The number of rotatable bonds is 3. The highest BCUT2D eigenvalue weighted by atomic mass is 16.7. The summed E-state index contributed by atoms with van der Waals surface area (Å²) in [6, 6.07) is 7.61. The van der Waals surface area contributed by atoms with E-state index in [1.165, 1.54) is 0 Å². The normalized spacial score (nSPS) is 20.2. The van der Waals surface area contributed by atoms with E-state index >= 15 is 0 Å². The van der Waals surface area contributed by atoms with E-state index < -0.39 is 30.0 Å². The predicted octanol–water partition coefficient (Wildman–Crippen LogP) is 3.57. The van der Waals surface area contributed by atoms with Crippen LogP contribution >= 0.6 is 0 Å². The molecule has 0 bridgehead atoms. The lowest BCUT2D eigenvalue weighted by atomic mass is 9.74. The van der Waals surface area contributed by atoms with Gasteiger partial charge in [-0.25, -0.2) is 4.79 Å². The summed E-state index contributed by atoms with van der Waals surface area (Å²) < 4.78 is 17.7. The number of amides is 1. The van der Waals surface area contributed by atoms with Gasteiger partial charge in [0.2, 0.25) is 0 Å². The number of nitrogens with one attached hydrogen (secondary N) is 1. The highest BCUT2D eigenvalue weighted by molar-refractivity contribution is 6.62. The Hall–Kier alpha value is -1.53. The lowest BCUT2D eigenvalue weighted by Gasteiger charge is -2.32. The van der Waals surface area contributed by atoms with Crippen LogP contribution in [0.15, 0.2) is 24.3 Å². The summed E-state index contributed by atoms with van der Waals surface area (Å²) >= 11 is 0. The van der Waals surface area contributed by atoms with Crippen LogP contribution < -0.4 is 10.8 Å². The van der Waals surface area contributed by atoms with Crippen molar-refractivity contribution in [1.29, 1.82) is 0 Å². The van der Waals surface area contributed by atoms with Crippen LogP contribution in [0.5, 0.6) is 0 Å². The number of carbonyl (C=O) groups is 1. The van der Waals surface area contributed by atoms with Crippen molar-refractivity contribution < 1.29 is 18.8 Å². The molecule has 25 heavy (non-hydrogen) atoms. The predicted molar refractivity (Wildman–Crippen MR) is 99.9 cm³/mol. The Morgan fingerprint density at radius 3 is 2.16 bits per heavy atom. The van der Waals surface area contributed by atoms with Crippen molar-refractivity contribution in [2.75, 3.05) is 0 Å². The molecule has 0 saturated carbocycles. The second kappa shape index (κ2) is 6.65. The summed E-state index contributed by atoms with van der Waals surface area (Å²) in [6.45, 7) is 15.6. The van der Waals surface area contributed by atoms with Crippen LogP contribution in [0.2, 0.25) is 0 Å². The Morgan fingerprint density at radius 2 is 1.64 bits per heavy atom. The molecular weight excluding hydrogens is 317 g/mol. The summed E-state index contributed by atoms with van der Waals surface area (Å²) in [6.07, 6.45) is -0.441. The van der Waals surface area contributed by atoms with Gasteiger partial charge in [0, 0.05) is 0 Å². The van der Waals surface area contributed by atoms with E-state index in [1.807, 2.05) is 79.7 Å². The Balaban J connectivity index is 2.20. The molecule has 0 unspecified atom stereocenters. The Bertz CT molecular complexity index is 621. The van der Waals surface area contributed by atoms with Gasteiger partial charge in [-0.1, -0.05) is 24.3 Å². The van der Waals surface area contributed by atoms with Crippen LogP contribution in [0.3, 0.4) is 0 Å². The molecule has 0 aliphatic carbocycles. The largest absolute Gasteiger partial charge is 0.495 e. The first-order valence-electron chi connectivity index (χ1n) is 8.76. The molecule has 1 atom stereocenters. The fourth-order valence-corrected chi connectivity index (χ4v) is 2.65. The topological polar surface area (TPSA) is 56.8 Å². The van der Waals surface area contributed by atoms with Crippen LogP contribution in [0.25, 0.3) is 0 Å². The Morgan fingerprint density at radius 1 is 1.12 bits per heavy atom. The molecule has 0 aromatic heterocycles. The lowest BCUT2D eigenvalue weighted by Crippen LogP contribution is -2.41. The second-order valence-corrected chi connectivity index (χ2v) is 8.59. The van der Waals surface area contributed by atoms with Gasteiger partial charge in [0.1, 0.15) is 5.60 Å². The highest BCUT2D eigenvalue weighted by Gasteiger charge is 2.52. The van der Waals surface area contributed by atoms with Crippen molar-refractivity contribution >= 4 is 18.7 Å². The molecule has 1 N–H and O–H groups in total. The van der Waals surface area contributed by atoms with Crippen LogP contribution in [0.4, 0.5) is 4.79 Å². The minimum Gasteiger partial charge on any atom is -0.444 e. The van der Waals surface area contributed by atoms with Crippen molar-refractivity contribution in [3.05, 3.63) is 29.8 Å². The molecule has 0 spiro atoms. The maximum Gasteiger partial charge on any atom is 0.495 e. The van der Waals surface area contributed by atoms with E-state index in [0.717, 1.165) is 11.0 Å². The fourth-order valence-electron chi connectivity index (χ4n) is 2.65. The van der Waals surface area contributed by atoms with E-state index in [1.54, 1.807) is 0 Å². The van der Waals surface area contributed by atoms with Crippen molar-refractivity contribution in [1.82, 2.24) is 5.32 Å². The standard InChI is InChI=1S/C19H30BNO4/c1-13(21-16(22)23-17(2,3)4)14-11-9-10-12-15(14)20-24-18(5,6)19(7,8)25-20/h9-13H,1-8H3,(H,21,22)/t13-/m1/s1. The van der Waals surface area contributed by atoms with E-state index in [4.69, 9.17) is 14.0 Å². The highest BCUT2D eigenvalue weighted by Crippen LogP contribution is 2.37. The zero-order chi connectivity index (χ0) is 19.0. The summed E-state index contributed by atoms with van der Waals surface area (Å²) in [5.41, 5.74) is 0.519. The molecule has 1 amide bonds. The number of benzene rings is 1. The minimum atomic E-state index is -0.533. The van der Waals surface area contributed by atoms with Gasteiger partial charge < -0.3 is 19.4 Å². The molecule has 0 radical (unpaired) electrons. The van der Waals surface area contributed by atoms with E-state index in [0.29, 0.717) is 0 Å². The van der Waals surface area contributed by atoms with Crippen LogP contribution in [0, 0.1) is 0 Å². The van der Waals surface area contributed by atoms with Gasteiger partial charge in [-0.05, 0) is 66.4 Å². The quantitative estimate of drug-likeness (QED) is 0.850. The maximum absolute atomic E-state index is 12.1. The first kappa shape index (κ1) is 19.8. The fraction of sp³-hybridized carbons (Fsp3) is 0.632. The van der Waals surface area contributed by atoms with Crippen LogP contribution in [-0.2, 0) is 14.0 Å². The molecule has 5 nitrogen and oxygen atoms in total. The van der Waals surface area contributed by atoms with E-state index in [9.17, 15) is 4.79 Å². The van der Waals surface area contributed by atoms with Gasteiger partial charge in [0.15, 0.2) is 0 Å². The molecule has 1 saturated heterocycles. The first-order chi connectivity index (χ1) is 11.3. The number of hydrogen-bond acceptors (Lipinski definition) is 4. The Kier molecular flexibility index (Phi) is 5.27. The minimum absolute atomic E-state index is 0.231. The summed E-state index contributed by atoms with van der Waals surface area (Å²) in [5, 5.41) is 2.89. The third-order valence-corrected chi connectivity index (χ3v) is 4.70. The number of hydrogen-bond donors (Lipinski definition) is 1. The summed E-state index contributed by atoms with van der Waals surface area (Å²) in [5.74, 6) is 0. The van der Waals surface area contributed by atoms with Crippen molar-refractivity contribution in [3.63, 3.8) is 0 Å². The van der Waals surface area contributed by atoms with E-state index in [-0.39, 0.29) is 6.04 Å². The molecule has 1 heterocycles. The van der Waals surface area contributed by atoms with Gasteiger partial charge in [-0.2, -0.15) is 0 Å². The van der Waals surface area contributed by atoms with Crippen molar-refractivity contribution in [2.45, 2.75) is 78.2 Å². The monoisotopic (exact) mass is 347 g/mol.